The molecule has 0 saturated carbocycles. The SMILES string of the molecule is O=C(O)CCCCCN1COc2ccccc2C1=O. The number of carbonyl (C=O) groups is 2. The van der Waals surface area contributed by atoms with E-state index in [-0.39, 0.29) is 19.1 Å². The van der Waals surface area contributed by atoms with E-state index in [0.717, 1.165) is 12.8 Å². The van der Waals surface area contributed by atoms with E-state index < -0.39 is 5.97 Å². The van der Waals surface area contributed by atoms with Gasteiger partial charge in [-0.15, -0.1) is 0 Å². The first-order valence-electron chi connectivity index (χ1n) is 6.41. The van der Waals surface area contributed by atoms with Crippen molar-refractivity contribution in [1.82, 2.24) is 4.90 Å². The molecule has 1 amide bonds. The average Bonchev–Trinajstić information content (AvgIpc) is 2.41. The number of fused-ring (bicyclic) bond motifs is 1. The molecule has 0 saturated heterocycles. The topological polar surface area (TPSA) is 66.8 Å². The van der Waals surface area contributed by atoms with E-state index in [4.69, 9.17) is 9.84 Å². The lowest BCUT2D eigenvalue weighted by molar-refractivity contribution is -0.137. The number of unbranched alkanes of at least 4 members (excludes halogenated alkanes) is 2. The van der Waals surface area contributed by atoms with Gasteiger partial charge in [-0.2, -0.15) is 0 Å². The lowest BCUT2D eigenvalue weighted by Gasteiger charge is -2.28. The van der Waals surface area contributed by atoms with Crippen molar-refractivity contribution in [2.45, 2.75) is 25.7 Å². The van der Waals surface area contributed by atoms with Gasteiger partial charge in [0.05, 0.1) is 5.56 Å². The first-order valence-corrected chi connectivity index (χ1v) is 6.41. The summed E-state index contributed by atoms with van der Waals surface area (Å²) in [7, 11) is 0. The molecule has 19 heavy (non-hydrogen) atoms. The van der Waals surface area contributed by atoms with Crippen molar-refractivity contribution in [2.24, 2.45) is 0 Å². The van der Waals surface area contributed by atoms with Gasteiger partial charge in [-0.1, -0.05) is 18.6 Å². The summed E-state index contributed by atoms with van der Waals surface area (Å²) in [6, 6.07) is 7.20. The first kappa shape index (κ1) is 13.4. The number of rotatable bonds is 6. The van der Waals surface area contributed by atoms with Crippen LogP contribution >= 0.6 is 0 Å². The zero-order valence-electron chi connectivity index (χ0n) is 10.7. The van der Waals surface area contributed by atoms with E-state index >= 15 is 0 Å². The third-order valence-corrected chi connectivity index (χ3v) is 3.10. The second-order valence-electron chi connectivity index (χ2n) is 4.54. The predicted octanol–water partition coefficient (Wildman–Crippen LogP) is 2.12. The minimum absolute atomic E-state index is 0.0138. The van der Waals surface area contributed by atoms with Crippen molar-refractivity contribution in [3.05, 3.63) is 29.8 Å². The summed E-state index contributed by atoms with van der Waals surface area (Å²) < 4.78 is 5.51. The van der Waals surface area contributed by atoms with Crippen molar-refractivity contribution in [2.75, 3.05) is 13.3 Å². The Kier molecular flexibility index (Phi) is 4.39. The van der Waals surface area contributed by atoms with Crippen LogP contribution in [0.3, 0.4) is 0 Å². The van der Waals surface area contributed by atoms with Crippen LogP contribution in [0, 0.1) is 0 Å². The molecule has 0 aliphatic carbocycles. The van der Waals surface area contributed by atoms with Gasteiger partial charge in [0.1, 0.15) is 5.75 Å². The van der Waals surface area contributed by atoms with Gasteiger partial charge in [-0.05, 0) is 25.0 Å². The highest BCUT2D eigenvalue weighted by atomic mass is 16.5. The van der Waals surface area contributed by atoms with Crippen molar-refractivity contribution in [3.63, 3.8) is 0 Å². The Balaban J connectivity index is 1.80. The average molecular weight is 263 g/mol. The maximum atomic E-state index is 12.1. The van der Waals surface area contributed by atoms with Crippen LogP contribution in [0.5, 0.6) is 5.75 Å². The lowest BCUT2D eigenvalue weighted by Crippen LogP contribution is -2.39. The number of aliphatic carboxylic acids is 1. The summed E-state index contributed by atoms with van der Waals surface area (Å²) in [6.45, 7) is 0.877. The number of amides is 1. The summed E-state index contributed by atoms with van der Waals surface area (Å²) in [5, 5.41) is 8.53. The number of carbonyl (C=O) groups excluding carboxylic acids is 1. The Labute approximate surface area is 111 Å². The summed E-state index contributed by atoms with van der Waals surface area (Å²) in [6.07, 6.45) is 2.43. The Morgan fingerprint density at radius 3 is 2.84 bits per heavy atom. The molecule has 1 heterocycles. The molecule has 0 fully saturated rings. The highest BCUT2D eigenvalue weighted by Gasteiger charge is 2.24. The molecule has 1 aromatic rings. The molecule has 0 radical (unpaired) electrons. The predicted molar refractivity (Wildman–Crippen MR) is 69.1 cm³/mol. The maximum absolute atomic E-state index is 12.1. The molecule has 5 nitrogen and oxygen atoms in total. The summed E-state index contributed by atoms with van der Waals surface area (Å²) >= 11 is 0. The highest BCUT2D eigenvalue weighted by Crippen LogP contribution is 2.24. The molecule has 0 bridgehead atoms. The van der Waals surface area contributed by atoms with Crippen LogP contribution in [0.15, 0.2) is 24.3 Å². The fourth-order valence-corrected chi connectivity index (χ4v) is 2.07. The molecule has 0 unspecified atom stereocenters. The van der Waals surface area contributed by atoms with Gasteiger partial charge < -0.3 is 14.7 Å². The standard InChI is InChI=1S/C14H17NO4/c16-13(17)8-2-1-5-9-15-10-19-12-7-4-3-6-11(12)14(15)18/h3-4,6-7H,1-2,5,8-10H2,(H,16,17). The van der Waals surface area contributed by atoms with Crippen LogP contribution in [0.2, 0.25) is 0 Å². The van der Waals surface area contributed by atoms with Gasteiger partial charge in [-0.3, -0.25) is 9.59 Å². The summed E-state index contributed by atoms with van der Waals surface area (Å²) in [5.41, 5.74) is 0.597. The number of hydrogen-bond donors (Lipinski definition) is 1. The van der Waals surface area contributed by atoms with Gasteiger partial charge in [0, 0.05) is 13.0 Å². The second kappa shape index (κ2) is 6.22. The van der Waals surface area contributed by atoms with Gasteiger partial charge in [0.25, 0.3) is 5.91 Å². The molecule has 1 N–H and O–H groups in total. The van der Waals surface area contributed by atoms with E-state index in [1.165, 1.54) is 0 Å². The van der Waals surface area contributed by atoms with Crippen LogP contribution in [-0.2, 0) is 4.79 Å². The van der Waals surface area contributed by atoms with Gasteiger partial charge in [0.2, 0.25) is 0 Å². The van der Waals surface area contributed by atoms with Crippen LogP contribution < -0.4 is 4.74 Å². The molecule has 1 aromatic carbocycles. The first-order chi connectivity index (χ1) is 9.18. The zero-order chi connectivity index (χ0) is 13.7. The quantitative estimate of drug-likeness (QED) is 0.798. The molecular weight excluding hydrogens is 246 g/mol. The number of nitrogens with zero attached hydrogens (tertiary/aromatic N) is 1. The number of ether oxygens (including phenoxy) is 1. The van der Waals surface area contributed by atoms with Crippen LogP contribution in [0.4, 0.5) is 0 Å². The van der Waals surface area contributed by atoms with E-state index in [1.54, 1.807) is 17.0 Å². The minimum Gasteiger partial charge on any atom is -0.481 e. The van der Waals surface area contributed by atoms with Crippen LogP contribution in [0.25, 0.3) is 0 Å². The number of para-hydroxylation sites is 1. The molecule has 0 atom stereocenters. The molecule has 0 spiro atoms. The van der Waals surface area contributed by atoms with E-state index in [0.29, 0.717) is 24.3 Å². The van der Waals surface area contributed by atoms with E-state index in [2.05, 4.69) is 0 Å². The summed E-state index contributed by atoms with van der Waals surface area (Å²) in [4.78, 5) is 24.2. The molecule has 1 aliphatic heterocycles. The Hall–Kier alpha value is -2.04. The molecule has 102 valence electrons. The third-order valence-electron chi connectivity index (χ3n) is 3.10. The molecule has 5 heteroatoms. The van der Waals surface area contributed by atoms with Crippen molar-refractivity contribution < 1.29 is 19.4 Å². The normalized spacial score (nSPS) is 13.9. The number of benzene rings is 1. The molecular formula is C14H17NO4. The highest BCUT2D eigenvalue weighted by molar-refractivity contribution is 5.97. The Morgan fingerprint density at radius 1 is 1.26 bits per heavy atom. The minimum atomic E-state index is -0.772. The fourth-order valence-electron chi connectivity index (χ4n) is 2.07. The van der Waals surface area contributed by atoms with Crippen molar-refractivity contribution in [3.8, 4) is 5.75 Å². The van der Waals surface area contributed by atoms with Gasteiger partial charge in [0.15, 0.2) is 6.73 Å². The number of carboxylic acid groups (broad SMARTS) is 1. The Morgan fingerprint density at radius 2 is 2.05 bits per heavy atom. The van der Waals surface area contributed by atoms with E-state index in [9.17, 15) is 9.59 Å². The van der Waals surface area contributed by atoms with Crippen LogP contribution in [-0.4, -0.2) is 35.2 Å². The van der Waals surface area contributed by atoms with E-state index in [1.807, 2.05) is 12.1 Å². The third kappa shape index (κ3) is 3.47. The Bertz CT molecular complexity index is 472. The smallest absolute Gasteiger partial charge is 0.303 e. The van der Waals surface area contributed by atoms with Crippen molar-refractivity contribution >= 4 is 11.9 Å². The monoisotopic (exact) mass is 263 g/mol. The number of hydrogen-bond acceptors (Lipinski definition) is 3. The van der Waals surface area contributed by atoms with Gasteiger partial charge in [-0.25, -0.2) is 0 Å². The molecule has 2 rings (SSSR count). The maximum Gasteiger partial charge on any atom is 0.303 e. The molecule has 0 aromatic heterocycles. The van der Waals surface area contributed by atoms with Gasteiger partial charge >= 0.3 is 5.97 Å². The molecule has 1 aliphatic rings. The second-order valence-corrected chi connectivity index (χ2v) is 4.54. The fraction of sp³-hybridized carbons (Fsp3) is 0.429. The van der Waals surface area contributed by atoms with Crippen molar-refractivity contribution in [1.29, 1.82) is 0 Å². The zero-order valence-corrected chi connectivity index (χ0v) is 10.7. The number of carboxylic acids is 1. The summed E-state index contributed by atoms with van der Waals surface area (Å²) in [5.74, 6) is -0.152. The lowest BCUT2D eigenvalue weighted by atomic mass is 10.1. The largest absolute Gasteiger partial charge is 0.481 e. The van der Waals surface area contributed by atoms with Crippen LogP contribution in [0.1, 0.15) is 36.0 Å².